The molecule has 0 aliphatic rings. The van der Waals surface area contributed by atoms with Crippen LogP contribution in [0, 0.1) is 0 Å². The van der Waals surface area contributed by atoms with Crippen LogP contribution < -0.4 is 5.73 Å². The number of para-hydroxylation sites is 1. The molecule has 12 heavy (non-hydrogen) atoms. The number of aryl methyl sites for hydroxylation is 1. The summed E-state index contributed by atoms with van der Waals surface area (Å²) in [6, 6.07) is 4.95. The van der Waals surface area contributed by atoms with Gasteiger partial charge in [0, 0.05) is 0 Å². The SMILES string of the molecule is NCCCc1cccc(O)c1O. The van der Waals surface area contributed by atoms with E-state index in [1.54, 1.807) is 12.1 Å². The average Bonchev–Trinajstić information content (AvgIpc) is 2.08. The third kappa shape index (κ3) is 1.89. The number of rotatable bonds is 3. The van der Waals surface area contributed by atoms with E-state index in [1.807, 2.05) is 0 Å². The molecule has 0 amide bonds. The summed E-state index contributed by atoms with van der Waals surface area (Å²) in [6.45, 7) is 0.592. The zero-order valence-corrected chi connectivity index (χ0v) is 6.83. The van der Waals surface area contributed by atoms with Crippen molar-refractivity contribution in [3.05, 3.63) is 23.8 Å². The van der Waals surface area contributed by atoms with Gasteiger partial charge in [-0.2, -0.15) is 0 Å². The van der Waals surface area contributed by atoms with Crippen molar-refractivity contribution in [2.75, 3.05) is 6.54 Å². The molecular formula is C9H13NO2. The van der Waals surface area contributed by atoms with E-state index in [-0.39, 0.29) is 11.5 Å². The molecule has 66 valence electrons. The van der Waals surface area contributed by atoms with Crippen LogP contribution in [0.15, 0.2) is 18.2 Å². The van der Waals surface area contributed by atoms with Gasteiger partial charge < -0.3 is 15.9 Å². The Morgan fingerprint density at radius 1 is 1.25 bits per heavy atom. The van der Waals surface area contributed by atoms with E-state index >= 15 is 0 Å². The smallest absolute Gasteiger partial charge is 0.160 e. The Labute approximate surface area is 71.5 Å². The first-order valence-corrected chi connectivity index (χ1v) is 3.95. The molecule has 0 aromatic heterocycles. The molecule has 1 rings (SSSR count). The second kappa shape index (κ2) is 3.97. The van der Waals surface area contributed by atoms with Crippen molar-refractivity contribution in [3.8, 4) is 11.5 Å². The summed E-state index contributed by atoms with van der Waals surface area (Å²) in [4.78, 5) is 0. The number of phenols is 2. The Balaban J connectivity index is 2.78. The minimum atomic E-state index is -0.0653. The molecule has 3 heteroatoms. The van der Waals surface area contributed by atoms with Crippen LogP contribution in [0.25, 0.3) is 0 Å². The summed E-state index contributed by atoms with van der Waals surface area (Å²) in [7, 11) is 0. The molecule has 3 nitrogen and oxygen atoms in total. The zero-order valence-electron chi connectivity index (χ0n) is 6.83. The zero-order chi connectivity index (χ0) is 8.97. The molecule has 4 N–H and O–H groups in total. The van der Waals surface area contributed by atoms with Crippen LogP contribution in [0.4, 0.5) is 0 Å². The summed E-state index contributed by atoms with van der Waals surface area (Å²) in [5.41, 5.74) is 6.07. The first-order valence-electron chi connectivity index (χ1n) is 3.95. The van der Waals surface area contributed by atoms with Gasteiger partial charge in [0.15, 0.2) is 11.5 Å². The molecule has 0 radical (unpaired) electrons. The topological polar surface area (TPSA) is 66.5 Å². The van der Waals surface area contributed by atoms with Gasteiger partial charge >= 0.3 is 0 Å². The fraction of sp³-hybridized carbons (Fsp3) is 0.333. The maximum Gasteiger partial charge on any atom is 0.160 e. The molecule has 0 aliphatic carbocycles. The van der Waals surface area contributed by atoms with E-state index in [4.69, 9.17) is 10.8 Å². The molecule has 0 aliphatic heterocycles. The average molecular weight is 167 g/mol. The highest BCUT2D eigenvalue weighted by Gasteiger charge is 2.03. The number of aromatic hydroxyl groups is 2. The Bertz CT molecular complexity index is 261. The van der Waals surface area contributed by atoms with Gasteiger partial charge in [0.1, 0.15) is 0 Å². The van der Waals surface area contributed by atoms with Gasteiger partial charge in [0.2, 0.25) is 0 Å². The Morgan fingerprint density at radius 2 is 2.00 bits per heavy atom. The number of hydrogen-bond acceptors (Lipinski definition) is 3. The lowest BCUT2D eigenvalue weighted by atomic mass is 10.1. The quantitative estimate of drug-likeness (QED) is 0.588. The highest BCUT2D eigenvalue weighted by Crippen LogP contribution is 2.28. The van der Waals surface area contributed by atoms with Gasteiger partial charge in [0.25, 0.3) is 0 Å². The van der Waals surface area contributed by atoms with Gasteiger partial charge in [-0.15, -0.1) is 0 Å². The van der Waals surface area contributed by atoms with E-state index < -0.39 is 0 Å². The number of benzene rings is 1. The van der Waals surface area contributed by atoms with E-state index in [1.165, 1.54) is 6.07 Å². The monoisotopic (exact) mass is 167 g/mol. The number of nitrogens with two attached hydrogens (primary N) is 1. The lowest BCUT2D eigenvalue weighted by Crippen LogP contribution is -2.00. The molecule has 0 heterocycles. The first kappa shape index (κ1) is 8.87. The fourth-order valence-electron chi connectivity index (χ4n) is 1.07. The van der Waals surface area contributed by atoms with Crippen molar-refractivity contribution < 1.29 is 10.2 Å². The summed E-state index contributed by atoms with van der Waals surface area (Å²) >= 11 is 0. The van der Waals surface area contributed by atoms with Crippen LogP contribution in [0.5, 0.6) is 11.5 Å². The lowest BCUT2D eigenvalue weighted by Gasteiger charge is -2.04. The molecule has 1 aromatic rings. The normalized spacial score (nSPS) is 10.1. The largest absolute Gasteiger partial charge is 0.504 e. The predicted octanol–water partition coefficient (Wildman–Crippen LogP) is 0.989. The minimum absolute atomic E-state index is 0.0223. The van der Waals surface area contributed by atoms with Crippen LogP contribution in [0.1, 0.15) is 12.0 Å². The van der Waals surface area contributed by atoms with Crippen molar-refractivity contribution in [3.63, 3.8) is 0 Å². The van der Waals surface area contributed by atoms with Crippen molar-refractivity contribution in [1.82, 2.24) is 0 Å². The summed E-state index contributed by atoms with van der Waals surface area (Å²) in [6.07, 6.45) is 1.52. The van der Waals surface area contributed by atoms with E-state index in [2.05, 4.69) is 0 Å². The van der Waals surface area contributed by atoms with Crippen LogP contribution in [0.3, 0.4) is 0 Å². The van der Waals surface area contributed by atoms with Crippen molar-refractivity contribution >= 4 is 0 Å². The molecule has 0 fully saturated rings. The van der Waals surface area contributed by atoms with Crippen molar-refractivity contribution in [2.24, 2.45) is 5.73 Å². The minimum Gasteiger partial charge on any atom is -0.504 e. The van der Waals surface area contributed by atoms with Crippen LogP contribution in [0.2, 0.25) is 0 Å². The second-order valence-corrected chi connectivity index (χ2v) is 2.68. The molecule has 1 aromatic carbocycles. The third-order valence-corrected chi connectivity index (χ3v) is 1.75. The van der Waals surface area contributed by atoms with Crippen LogP contribution >= 0.6 is 0 Å². The predicted molar refractivity (Wildman–Crippen MR) is 47.1 cm³/mol. The summed E-state index contributed by atoms with van der Waals surface area (Å²) < 4.78 is 0. The maximum atomic E-state index is 9.33. The summed E-state index contributed by atoms with van der Waals surface area (Å²) in [5, 5.41) is 18.5. The van der Waals surface area contributed by atoms with Crippen molar-refractivity contribution in [2.45, 2.75) is 12.8 Å². The van der Waals surface area contributed by atoms with Crippen LogP contribution in [-0.4, -0.2) is 16.8 Å². The number of hydrogen-bond donors (Lipinski definition) is 3. The molecule has 0 spiro atoms. The molecule has 0 unspecified atom stereocenters. The number of phenolic OH excluding ortho intramolecular Hbond substituents is 2. The first-order chi connectivity index (χ1) is 5.75. The highest BCUT2D eigenvalue weighted by atomic mass is 16.3. The van der Waals surface area contributed by atoms with Crippen LogP contribution in [-0.2, 0) is 6.42 Å². The van der Waals surface area contributed by atoms with E-state index in [9.17, 15) is 5.11 Å². The Kier molecular flexibility index (Phi) is 2.94. The maximum absolute atomic E-state index is 9.33. The standard InChI is InChI=1S/C9H13NO2/c10-6-2-4-7-3-1-5-8(11)9(7)12/h1,3,5,11-12H,2,4,6,10H2. The van der Waals surface area contributed by atoms with Gasteiger partial charge in [-0.1, -0.05) is 12.1 Å². The van der Waals surface area contributed by atoms with Crippen molar-refractivity contribution in [1.29, 1.82) is 0 Å². The molecule has 0 bridgehead atoms. The second-order valence-electron chi connectivity index (χ2n) is 2.68. The molecule has 0 atom stereocenters. The van der Waals surface area contributed by atoms with E-state index in [0.29, 0.717) is 13.0 Å². The lowest BCUT2D eigenvalue weighted by molar-refractivity contribution is 0.399. The molecular weight excluding hydrogens is 154 g/mol. The van der Waals surface area contributed by atoms with Gasteiger partial charge in [-0.05, 0) is 31.0 Å². The molecule has 0 saturated heterocycles. The van der Waals surface area contributed by atoms with Gasteiger partial charge in [-0.3, -0.25) is 0 Å². The van der Waals surface area contributed by atoms with Gasteiger partial charge in [-0.25, -0.2) is 0 Å². The van der Waals surface area contributed by atoms with Gasteiger partial charge in [0.05, 0.1) is 0 Å². The Morgan fingerprint density at radius 3 is 2.67 bits per heavy atom. The third-order valence-electron chi connectivity index (χ3n) is 1.75. The molecule has 0 saturated carbocycles. The fourth-order valence-corrected chi connectivity index (χ4v) is 1.07. The highest BCUT2D eigenvalue weighted by molar-refractivity contribution is 5.44. The summed E-state index contributed by atoms with van der Waals surface area (Å²) in [5.74, 6) is -0.0875. The Hall–Kier alpha value is -1.22. The van der Waals surface area contributed by atoms with E-state index in [0.717, 1.165) is 12.0 Å².